The highest BCUT2D eigenvalue weighted by Gasteiger charge is 2.00. The Morgan fingerprint density at radius 2 is 1.41 bits per heavy atom. The minimum atomic E-state index is -0.0487. The second kappa shape index (κ2) is 17.7. The third-order valence-corrected chi connectivity index (χ3v) is 3.42. The van der Waals surface area contributed by atoms with Crippen LogP contribution in [0, 0.1) is 0 Å². The van der Waals surface area contributed by atoms with E-state index in [9.17, 15) is 4.79 Å². The highest BCUT2D eigenvalue weighted by Crippen LogP contribution is 2.09. The fraction of sp³-hybridized carbons (Fsp3) is 0.650. The van der Waals surface area contributed by atoms with E-state index >= 15 is 0 Å². The molecule has 2 nitrogen and oxygen atoms in total. The van der Waals surface area contributed by atoms with Crippen LogP contribution in [0.5, 0.6) is 0 Å². The van der Waals surface area contributed by atoms with E-state index in [-0.39, 0.29) is 5.97 Å². The largest absolute Gasteiger partial charge is 0.466 e. The van der Waals surface area contributed by atoms with Gasteiger partial charge in [-0.25, -0.2) is 0 Å². The van der Waals surface area contributed by atoms with Crippen LogP contribution < -0.4 is 0 Å². The minimum Gasteiger partial charge on any atom is -0.466 e. The van der Waals surface area contributed by atoms with Gasteiger partial charge in [0.25, 0.3) is 0 Å². The Kier molecular flexibility index (Phi) is 16.7. The normalized spacial score (nSPS) is 11.9. The first-order chi connectivity index (χ1) is 10.8. The number of esters is 1. The Morgan fingerprint density at radius 1 is 0.818 bits per heavy atom. The van der Waals surface area contributed by atoms with Crippen molar-refractivity contribution < 1.29 is 9.53 Å². The van der Waals surface area contributed by atoms with Crippen LogP contribution in [0.15, 0.2) is 36.5 Å². The average Bonchev–Trinajstić information content (AvgIpc) is 2.51. The van der Waals surface area contributed by atoms with Crippen LogP contribution in [0.4, 0.5) is 0 Å². The van der Waals surface area contributed by atoms with Gasteiger partial charge in [-0.3, -0.25) is 4.79 Å². The monoisotopic (exact) mass is 306 g/mol. The van der Waals surface area contributed by atoms with Crippen LogP contribution in [0.3, 0.4) is 0 Å². The summed E-state index contributed by atoms with van der Waals surface area (Å²) in [6, 6.07) is 0. The minimum absolute atomic E-state index is 0.0487. The maximum absolute atomic E-state index is 11.1. The highest BCUT2D eigenvalue weighted by atomic mass is 16.5. The Labute approximate surface area is 137 Å². The molecule has 0 N–H and O–H groups in total. The smallest absolute Gasteiger partial charge is 0.305 e. The fourth-order valence-electron chi connectivity index (χ4n) is 2.17. The zero-order valence-corrected chi connectivity index (χ0v) is 14.6. The molecule has 0 aromatic rings. The quantitative estimate of drug-likeness (QED) is 0.219. The molecular weight excluding hydrogens is 272 g/mol. The predicted octanol–water partition coefficient (Wildman–Crippen LogP) is 6.14. The van der Waals surface area contributed by atoms with Crippen LogP contribution in [-0.2, 0) is 9.53 Å². The van der Waals surface area contributed by atoms with Crippen molar-refractivity contribution in [3.63, 3.8) is 0 Å². The Bertz CT molecular complexity index is 327. The summed E-state index contributed by atoms with van der Waals surface area (Å²) in [6.45, 7) is 4.40. The van der Waals surface area contributed by atoms with Crippen molar-refractivity contribution in [2.24, 2.45) is 0 Å². The summed E-state index contributed by atoms with van der Waals surface area (Å²) in [4.78, 5) is 11.1. The van der Waals surface area contributed by atoms with Gasteiger partial charge in [-0.2, -0.15) is 0 Å². The maximum Gasteiger partial charge on any atom is 0.305 e. The van der Waals surface area contributed by atoms with E-state index < -0.39 is 0 Å². The summed E-state index contributed by atoms with van der Waals surface area (Å²) < 4.78 is 4.91. The summed E-state index contributed by atoms with van der Waals surface area (Å²) in [5.74, 6) is -0.0487. The van der Waals surface area contributed by atoms with Crippen molar-refractivity contribution in [1.29, 1.82) is 0 Å². The molecule has 126 valence electrons. The van der Waals surface area contributed by atoms with Crippen molar-refractivity contribution in [2.45, 2.75) is 78.1 Å². The van der Waals surface area contributed by atoms with Gasteiger partial charge in [0.15, 0.2) is 0 Å². The molecule has 0 atom stereocenters. The summed E-state index contributed by atoms with van der Waals surface area (Å²) in [7, 11) is 0. The van der Waals surface area contributed by atoms with Gasteiger partial charge in [-0.05, 0) is 46.0 Å². The van der Waals surface area contributed by atoms with E-state index in [0.29, 0.717) is 13.0 Å². The van der Waals surface area contributed by atoms with E-state index in [4.69, 9.17) is 4.74 Å². The number of hydrogen-bond donors (Lipinski definition) is 0. The van der Waals surface area contributed by atoms with Crippen molar-refractivity contribution >= 4 is 5.97 Å². The van der Waals surface area contributed by atoms with Gasteiger partial charge in [-0.15, -0.1) is 0 Å². The molecule has 0 aliphatic heterocycles. The number of carbonyl (C=O) groups excluding carboxylic acids is 1. The Morgan fingerprint density at radius 3 is 2.09 bits per heavy atom. The molecule has 0 aliphatic rings. The topological polar surface area (TPSA) is 26.3 Å². The lowest BCUT2D eigenvalue weighted by atomic mass is 10.1. The first-order valence-electron chi connectivity index (χ1n) is 8.88. The summed E-state index contributed by atoms with van der Waals surface area (Å²) >= 11 is 0. The molecule has 0 spiro atoms. The molecule has 0 aromatic carbocycles. The van der Waals surface area contributed by atoms with Gasteiger partial charge < -0.3 is 4.74 Å². The number of unbranched alkanes of at least 4 members (excludes halogenated alkanes) is 6. The lowest BCUT2D eigenvalue weighted by molar-refractivity contribution is -0.143. The zero-order chi connectivity index (χ0) is 16.3. The van der Waals surface area contributed by atoms with Crippen LogP contribution in [0.25, 0.3) is 0 Å². The zero-order valence-electron chi connectivity index (χ0n) is 14.6. The molecular formula is C20H34O2. The van der Waals surface area contributed by atoms with E-state index in [0.717, 1.165) is 25.7 Å². The van der Waals surface area contributed by atoms with E-state index in [1.165, 1.54) is 32.1 Å². The molecule has 0 bridgehead atoms. The first kappa shape index (κ1) is 20.7. The lowest BCUT2D eigenvalue weighted by Crippen LogP contribution is -2.03. The molecule has 0 rings (SSSR count). The number of hydrogen-bond acceptors (Lipinski definition) is 2. The second-order valence-electron chi connectivity index (χ2n) is 5.45. The van der Waals surface area contributed by atoms with Crippen molar-refractivity contribution in [2.75, 3.05) is 6.61 Å². The summed E-state index contributed by atoms with van der Waals surface area (Å²) in [5.41, 5.74) is 0. The fourth-order valence-corrected chi connectivity index (χ4v) is 2.17. The molecule has 0 aromatic heterocycles. The molecule has 22 heavy (non-hydrogen) atoms. The number of rotatable bonds is 14. The van der Waals surface area contributed by atoms with Crippen molar-refractivity contribution in [3.8, 4) is 0 Å². The molecule has 0 heterocycles. The average molecular weight is 306 g/mol. The number of ether oxygens (including phenoxy) is 1. The number of allylic oxidation sites excluding steroid dienone is 6. The van der Waals surface area contributed by atoms with Crippen molar-refractivity contribution in [3.05, 3.63) is 36.5 Å². The lowest BCUT2D eigenvalue weighted by Gasteiger charge is -2.02. The Hall–Kier alpha value is -1.31. The second-order valence-corrected chi connectivity index (χ2v) is 5.45. The first-order valence-corrected chi connectivity index (χ1v) is 8.88. The van der Waals surface area contributed by atoms with Crippen LogP contribution in [0.2, 0.25) is 0 Å². The molecule has 0 amide bonds. The van der Waals surface area contributed by atoms with Gasteiger partial charge in [0.05, 0.1) is 6.61 Å². The Balaban J connectivity index is 3.23. The molecule has 0 fully saturated rings. The molecule has 2 heteroatoms. The van der Waals surface area contributed by atoms with E-state index in [2.05, 4.69) is 36.5 Å². The van der Waals surface area contributed by atoms with Gasteiger partial charge in [0.2, 0.25) is 0 Å². The third kappa shape index (κ3) is 16.7. The van der Waals surface area contributed by atoms with Crippen LogP contribution in [-0.4, -0.2) is 12.6 Å². The maximum atomic E-state index is 11.1. The van der Waals surface area contributed by atoms with Gasteiger partial charge >= 0.3 is 5.97 Å². The molecule has 0 saturated carbocycles. The SMILES string of the molecule is CC=CCC=CCC=CCCCCCCCCC(=O)OCC. The van der Waals surface area contributed by atoms with Crippen LogP contribution >= 0.6 is 0 Å². The van der Waals surface area contributed by atoms with Gasteiger partial charge in [0, 0.05) is 6.42 Å². The predicted molar refractivity (Wildman–Crippen MR) is 95.9 cm³/mol. The van der Waals surface area contributed by atoms with Crippen LogP contribution in [0.1, 0.15) is 78.1 Å². The summed E-state index contributed by atoms with van der Waals surface area (Å²) in [6.07, 6.45) is 24.3. The highest BCUT2D eigenvalue weighted by molar-refractivity contribution is 5.69. The van der Waals surface area contributed by atoms with E-state index in [1.807, 2.05) is 13.8 Å². The van der Waals surface area contributed by atoms with Gasteiger partial charge in [0.1, 0.15) is 0 Å². The van der Waals surface area contributed by atoms with Gasteiger partial charge in [-0.1, -0.05) is 62.1 Å². The molecule has 0 radical (unpaired) electrons. The van der Waals surface area contributed by atoms with E-state index in [1.54, 1.807) is 0 Å². The molecule has 0 aliphatic carbocycles. The summed E-state index contributed by atoms with van der Waals surface area (Å²) in [5, 5.41) is 0. The molecule has 0 saturated heterocycles. The van der Waals surface area contributed by atoms with Crippen molar-refractivity contribution in [1.82, 2.24) is 0 Å². The standard InChI is InChI=1S/C20H34O2/c1-3-5-6-7-8-9-10-11-12-13-14-15-16-17-18-19-20(21)22-4-2/h3,5,7-8,10-11H,4,6,9,12-19H2,1-2H3. The number of carbonyl (C=O) groups is 1. The third-order valence-electron chi connectivity index (χ3n) is 3.42. The molecule has 0 unspecified atom stereocenters.